The molecule has 0 spiro atoms. The number of unbranched alkanes of at least 4 members (excludes halogenated alkanes) is 1. The molecule has 0 saturated heterocycles. The fraction of sp³-hybridized carbons (Fsp3) is 0.417. The summed E-state index contributed by atoms with van der Waals surface area (Å²) in [5, 5.41) is 0.0432. The van der Waals surface area contributed by atoms with Crippen LogP contribution in [-0.2, 0) is 10.0 Å². The number of nitrogens with zero attached hydrogens (tertiary/aromatic N) is 3. The van der Waals surface area contributed by atoms with E-state index < -0.39 is 10.0 Å². The van der Waals surface area contributed by atoms with Crippen molar-refractivity contribution in [3.05, 3.63) is 24.4 Å². The summed E-state index contributed by atoms with van der Waals surface area (Å²) >= 11 is 0. The van der Waals surface area contributed by atoms with Crippen molar-refractivity contribution in [2.45, 2.75) is 24.8 Å². The van der Waals surface area contributed by atoms with Crippen LogP contribution in [0.1, 0.15) is 19.8 Å². The third-order valence-electron chi connectivity index (χ3n) is 2.99. The van der Waals surface area contributed by atoms with Crippen molar-refractivity contribution < 1.29 is 8.42 Å². The van der Waals surface area contributed by atoms with Gasteiger partial charge in [-0.15, -0.1) is 0 Å². The van der Waals surface area contributed by atoms with Crippen LogP contribution in [0.15, 0.2) is 29.4 Å². The van der Waals surface area contributed by atoms with E-state index in [1.165, 1.54) is 8.71 Å². The lowest BCUT2D eigenvalue weighted by Gasteiger charge is -2.16. The Bertz CT molecular complexity index is 678. The highest BCUT2D eigenvalue weighted by Gasteiger charge is 2.27. The normalized spacial score (nSPS) is 12.4. The molecule has 104 valence electrons. The van der Waals surface area contributed by atoms with Crippen LogP contribution in [0.2, 0.25) is 0 Å². The van der Waals surface area contributed by atoms with E-state index in [0.29, 0.717) is 12.2 Å². The Kier molecular flexibility index (Phi) is 3.77. The second kappa shape index (κ2) is 5.18. The highest BCUT2D eigenvalue weighted by atomic mass is 32.2. The van der Waals surface area contributed by atoms with E-state index >= 15 is 0 Å². The van der Waals surface area contributed by atoms with Gasteiger partial charge in [0.15, 0.2) is 10.8 Å². The van der Waals surface area contributed by atoms with E-state index in [1.54, 1.807) is 31.4 Å². The van der Waals surface area contributed by atoms with E-state index in [-0.39, 0.29) is 10.8 Å². The summed E-state index contributed by atoms with van der Waals surface area (Å²) in [6.07, 6.45) is 3.40. The molecule has 2 rings (SSSR count). The van der Waals surface area contributed by atoms with Gasteiger partial charge in [-0.25, -0.2) is 13.4 Å². The Morgan fingerprint density at radius 1 is 1.42 bits per heavy atom. The van der Waals surface area contributed by atoms with E-state index in [1.807, 2.05) is 6.92 Å². The number of hydrogen-bond acceptors (Lipinski definition) is 4. The summed E-state index contributed by atoms with van der Waals surface area (Å²) in [5.41, 5.74) is 6.30. The summed E-state index contributed by atoms with van der Waals surface area (Å²) < 4.78 is 27.9. The van der Waals surface area contributed by atoms with Crippen LogP contribution in [0, 0.1) is 0 Å². The zero-order valence-corrected chi connectivity index (χ0v) is 11.9. The number of nitrogen functional groups attached to an aromatic ring is 1. The summed E-state index contributed by atoms with van der Waals surface area (Å²) in [4.78, 5) is 4.08. The van der Waals surface area contributed by atoms with Gasteiger partial charge >= 0.3 is 0 Å². The molecule has 0 aromatic carbocycles. The van der Waals surface area contributed by atoms with Gasteiger partial charge in [-0.2, -0.15) is 4.31 Å². The van der Waals surface area contributed by atoms with Crippen molar-refractivity contribution in [2.75, 3.05) is 19.3 Å². The quantitative estimate of drug-likeness (QED) is 0.897. The molecule has 19 heavy (non-hydrogen) atoms. The van der Waals surface area contributed by atoms with Gasteiger partial charge in [-0.3, -0.25) is 4.40 Å². The lowest BCUT2D eigenvalue weighted by Crippen LogP contribution is -2.29. The molecular weight excluding hydrogens is 264 g/mol. The number of sulfonamides is 1. The number of pyridine rings is 1. The number of rotatable bonds is 5. The topological polar surface area (TPSA) is 80.7 Å². The Hall–Kier alpha value is -1.60. The Balaban J connectivity index is 2.51. The molecule has 0 aliphatic carbocycles. The first kappa shape index (κ1) is 13.8. The van der Waals surface area contributed by atoms with Crippen molar-refractivity contribution in [2.24, 2.45) is 0 Å². The lowest BCUT2D eigenvalue weighted by atomic mass is 10.3. The average molecular weight is 282 g/mol. The van der Waals surface area contributed by atoms with Gasteiger partial charge in [0.05, 0.1) is 0 Å². The molecule has 0 amide bonds. The van der Waals surface area contributed by atoms with Gasteiger partial charge in [0.2, 0.25) is 0 Å². The van der Waals surface area contributed by atoms with E-state index in [0.717, 1.165) is 12.8 Å². The number of anilines is 1. The fourth-order valence-corrected chi connectivity index (χ4v) is 3.27. The molecule has 2 heterocycles. The van der Waals surface area contributed by atoms with Crippen LogP contribution >= 0.6 is 0 Å². The second-order valence-electron chi connectivity index (χ2n) is 4.41. The van der Waals surface area contributed by atoms with Crippen LogP contribution in [-0.4, -0.2) is 35.7 Å². The molecule has 0 bridgehead atoms. The minimum Gasteiger partial charge on any atom is -0.381 e. The van der Waals surface area contributed by atoms with Crippen molar-refractivity contribution in [1.82, 2.24) is 13.7 Å². The standard InChI is InChI=1S/C12H18N4O2S/c1-3-4-8-15(2)19(17,18)12-11(13)14-10-7-5-6-9-16(10)12/h5-7,9H,3-4,8,13H2,1-2H3. The van der Waals surface area contributed by atoms with Crippen molar-refractivity contribution in [1.29, 1.82) is 0 Å². The SMILES string of the molecule is CCCCN(C)S(=O)(=O)c1c(N)nc2ccccn12. The first-order valence-corrected chi connectivity index (χ1v) is 7.61. The van der Waals surface area contributed by atoms with E-state index in [4.69, 9.17) is 5.73 Å². The van der Waals surface area contributed by atoms with Crippen molar-refractivity contribution in [3.63, 3.8) is 0 Å². The number of hydrogen-bond donors (Lipinski definition) is 1. The summed E-state index contributed by atoms with van der Waals surface area (Å²) in [7, 11) is -2.05. The van der Waals surface area contributed by atoms with Crippen molar-refractivity contribution >= 4 is 21.5 Å². The molecule has 0 unspecified atom stereocenters. The smallest absolute Gasteiger partial charge is 0.262 e. The Labute approximate surface area is 112 Å². The zero-order chi connectivity index (χ0) is 14.0. The van der Waals surface area contributed by atoms with Crippen molar-refractivity contribution in [3.8, 4) is 0 Å². The molecule has 0 aliphatic rings. The fourth-order valence-electron chi connectivity index (χ4n) is 1.90. The zero-order valence-electron chi connectivity index (χ0n) is 11.1. The third kappa shape index (κ3) is 2.43. The summed E-state index contributed by atoms with van der Waals surface area (Å²) in [6.45, 7) is 2.49. The maximum Gasteiger partial charge on any atom is 0.262 e. The number of nitrogens with two attached hydrogens (primary N) is 1. The first-order chi connectivity index (χ1) is 8.98. The molecule has 2 N–H and O–H groups in total. The molecule has 2 aromatic heterocycles. The van der Waals surface area contributed by atoms with Gasteiger partial charge in [0.25, 0.3) is 10.0 Å². The highest BCUT2D eigenvalue weighted by molar-refractivity contribution is 7.89. The van der Waals surface area contributed by atoms with Gasteiger partial charge in [-0.05, 0) is 18.6 Å². The number of imidazole rings is 1. The molecule has 0 atom stereocenters. The lowest BCUT2D eigenvalue weighted by molar-refractivity contribution is 0.456. The first-order valence-electron chi connectivity index (χ1n) is 6.17. The van der Waals surface area contributed by atoms with E-state index in [9.17, 15) is 8.42 Å². The van der Waals surface area contributed by atoms with Gasteiger partial charge in [0, 0.05) is 19.8 Å². The molecule has 7 heteroatoms. The third-order valence-corrected chi connectivity index (χ3v) is 4.89. The molecule has 2 aromatic rings. The van der Waals surface area contributed by atoms with E-state index in [2.05, 4.69) is 4.98 Å². The Morgan fingerprint density at radius 2 is 2.16 bits per heavy atom. The van der Waals surface area contributed by atoms with Crippen LogP contribution in [0.25, 0.3) is 5.65 Å². The average Bonchev–Trinajstić information content (AvgIpc) is 2.72. The Morgan fingerprint density at radius 3 is 2.84 bits per heavy atom. The predicted molar refractivity (Wildman–Crippen MR) is 74.3 cm³/mol. The largest absolute Gasteiger partial charge is 0.381 e. The maximum absolute atomic E-state index is 12.5. The van der Waals surface area contributed by atoms with Gasteiger partial charge < -0.3 is 5.73 Å². The van der Waals surface area contributed by atoms with Crippen LogP contribution in [0.4, 0.5) is 5.82 Å². The summed E-state index contributed by atoms with van der Waals surface area (Å²) in [5.74, 6) is 0.0366. The molecule has 0 aliphatic heterocycles. The van der Waals surface area contributed by atoms with Crippen LogP contribution in [0.3, 0.4) is 0 Å². The molecule has 6 nitrogen and oxygen atoms in total. The molecule has 0 radical (unpaired) electrons. The monoisotopic (exact) mass is 282 g/mol. The molecule has 0 fully saturated rings. The van der Waals surface area contributed by atoms with Crippen LogP contribution < -0.4 is 5.73 Å². The van der Waals surface area contributed by atoms with Gasteiger partial charge in [0.1, 0.15) is 5.65 Å². The minimum absolute atomic E-state index is 0.0366. The molecular formula is C12H18N4O2S. The molecule has 0 saturated carbocycles. The minimum atomic E-state index is -3.62. The number of fused-ring (bicyclic) bond motifs is 1. The predicted octanol–water partition coefficient (Wildman–Crippen LogP) is 1.34. The van der Waals surface area contributed by atoms with Crippen LogP contribution in [0.5, 0.6) is 0 Å². The number of aromatic nitrogens is 2. The second-order valence-corrected chi connectivity index (χ2v) is 6.37. The maximum atomic E-state index is 12.5. The highest BCUT2D eigenvalue weighted by Crippen LogP contribution is 2.23. The van der Waals surface area contributed by atoms with Gasteiger partial charge in [-0.1, -0.05) is 19.4 Å². The summed E-state index contributed by atoms with van der Waals surface area (Å²) in [6, 6.07) is 5.26.